The predicted molar refractivity (Wildman–Crippen MR) is 120 cm³/mol. The quantitative estimate of drug-likeness (QED) is 0.505. The highest BCUT2D eigenvalue weighted by molar-refractivity contribution is 7.18. The molecule has 2 N–H and O–H groups in total. The SMILES string of the molecule is CCOC(=O)c1c(NC(=O)COC(=O)[C@H]2CC(=O)N(Cc3ccco3)C2)sc(C(=O)NC)c1C. The third-order valence-electron chi connectivity index (χ3n) is 5.13. The molecule has 34 heavy (non-hydrogen) atoms. The number of carbonyl (C=O) groups excluding carboxylic acids is 5. The summed E-state index contributed by atoms with van der Waals surface area (Å²) in [5.74, 6) is -2.77. The first-order valence-electron chi connectivity index (χ1n) is 10.5. The number of hydrogen-bond acceptors (Lipinski definition) is 9. The van der Waals surface area contributed by atoms with Gasteiger partial charge in [-0.2, -0.15) is 0 Å². The zero-order valence-electron chi connectivity index (χ0n) is 19.0. The molecule has 1 aliphatic rings. The van der Waals surface area contributed by atoms with E-state index in [0.717, 1.165) is 11.3 Å². The summed E-state index contributed by atoms with van der Waals surface area (Å²) in [7, 11) is 1.45. The van der Waals surface area contributed by atoms with E-state index in [-0.39, 0.29) is 47.5 Å². The van der Waals surface area contributed by atoms with Gasteiger partial charge in [-0.15, -0.1) is 11.3 Å². The van der Waals surface area contributed by atoms with Gasteiger partial charge in [-0.25, -0.2) is 4.79 Å². The number of carbonyl (C=O) groups is 5. The van der Waals surface area contributed by atoms with Crippen LogP contribution in [0.3, 0.4) is 0 Å². The fraction of sp³-hybridized carbons (Fsp3) is 0.409. The van der Waals surface area contributed by atoms with Crippen molar-refractivity contribution in [1.29, 1.82) is 0 Å². The van der Waals surface area contributed by atoms with E-state index in [9.17, 15) is 24.0 Å². The largest absolute Gasteiger partial charge is 0.467 e. The minimum atomic E-state index is -0.700. The van der Waals surface area contributed by atoms with Crippen LogP contribution >= 0.6 is 11.3 Å². The van der Waals surface area contributed by atoms with E-state index >= 15 is 0 Å². The molecule has 2 aromatic rings. The third kappa shape index (κ3) is 5.63. The number of amides is 3. The second-order valence-corrected chi connectivity index (χ2v) is 8.49. The Morgan fingerprint density at radius 2 is 2.03 bits per heavy atom. The molecule has 182 valence electrons. The maximum atomic E-state index is 12.4. The standard InChI is InChI=1S/C22H25N3O8S/c1-4-31-22(30)17-12(2)18(19(28)23-3)34-20(17)24-15(26)11-33-21(29)13-8-16(27)25(9-13)10-14-6-5-7-32-14/h5-7,13H,4,8-11H2,1-3H3,(H,23,28)(H,24,26)/t13-/m0/s1. The van der Waals surface area contributed by atoms with Crippen LogP contribution in [0.15, 0.2) is 22.8 Å². The molecule has 0 aromatic carbocycles. The lowest BCUT2D eigenvalue weighted by atomic mass is 10.1. The molecule has 1 aliphatic heterocycles. The lowest BCUT2D eigenvalue weighted by Crippen LogP contribution is -2.28. The van der Waals surface area contributed by atoms with Gasteiger partial charge in [0.15, 0.2) is 6.61 Å². The molecule has 1 saturated heterocycles. The van der Waals surface area contributed by atoms with Crippen molar-refractivity contribution in [2.75, 3.05) is 32.1 Å². The Balaban J connectivity index is 1.60. The van der Waals surface area contributed by atoms with E-state index in [4.69, 9.17) is 13.9 Å². The number of anilines is 1. The summed E-state index contributed by atoms with van der Waals surface area (Å²) in [5, 5.41) is 5.12. The lowest BCUT2D eigenvalue weighted by molar-refractivity contribution is -0.151. The maximum absolute atomic E-state index is 12.4. The second-order valence-electron chi connectivity index (χ2n) is 7.47. The lowest BCUT2D eigenvalue weighted by Gasteiger charge is -2.14. The van der Waals surface area contributed by atoms with Crippen molar-refractivity contribution in [3.63, 3.8) is 0 Å². The second kappa shape index (κ2) is 11.0. The summed E-state index contributed by atoms with van der Waals surface area (Å²) in [4.78, 5) is 63.3. The smallest absolute Gasteiger partial charge is 0.341 e. The van der Waals surface area contributed by atoms with Crippen molar-refractivity contribution < 1.29 is 37.9 Å². The Hall–Kier alpha value is -3.67. The summed E-state index contributed by atoms with van der Waals surface area (Å²) >= 11 is 0.918. The Morgan fingerprint density at radius 1 is 1.26 bits per heavy atom. The molecule has 11 nitrogen and oxygen atoms in total. The monoisotopic (exact) mass is 491 g/mol. The highest BCUT2D eigenvalue weighted by Crippen LogP contribution is 2.33. The average molecular weight is 492 g/mol. The number of nitrogens with zero attached hydrogens (tertiary/aromatic N) is 1. The first kappa shape index (κ1) is 25.0. The minimum Gasteiger partial charge on any atom is -0.467 e. The molecule has 0 saturated carbocycles. The summed E-state index contributed by atoms with van der Waals surface area (Å²) in [5.41, 5.74) is 0.441. The van der Waals surface area contributed by atoms with Crippen LogP contribution in [0.25, 0.3) is 0 Å². The Kier molecular flexibility index (Phi) is 8.05. The van der Waals surface area contributed by atoms with Crippen molar-refractivity contribution in [2.24, 2.45) is 5.92 Å². The first-order chi connectivity index (χ1) is 16.2. The molecule has 1 fully saturated rings. The molecule has 3 heterocycles. The van der Waals surface area contributed by atoms with Crippen molar-refractivity contribution in [3.8, 4) is 0 Å². The van der Waals surface area contributed by atoms with Crippen LogP contribution in [-0.2, 0) is 30.4 Å². The number of thiophene rings is 1. The summed E-state index contributed by atoms with van der Waals surface area (Å²) in [6.45, 7) is 3.13. The molecule has 0 aliphatic carbocycles. The van der Waals surface area contributed by atoms with E-state index in [1.807, 2.05) is 0 Å². The third-order valence-corrected chi connectivity index (χ3v) is 6.34. The number of rotatable bonds is 9. The summed E-state index contributed by atoms with van der Waals surface area (Å²) in [6.07, 6.45) is 1.48. The van der Waals surface area contributed by atoms with Crippen LogP contribution in [0.4, 0.5) is 5.00 Å². The van der Waals surface area contributed by atoms with Gasteiger partial charge in [0, 0.05) is 20.0 Å². The van der Waals surface area contributed by atoms with Gasteiger partial charge in [-0.05, 0) is 31.5 Å². The van der Waals surface area contributed by atoms with E-state index in [2.05, 4.69) is 10.6 Å². The van der Waals surface area contributed by atoms with Gasteiger partial charge in [-0.3, -0.25) is 19.2 Å². The van der Waals surface area contributed by atoms with Gasteiger partial charge >= 0.3 is 11.9 Å². The highest BCUT2D eigenvalue weighted by Gasteiger charge is 2.36. The maximum Gasteiger partial charge on any atom is 0.341 e. The van der Waals surface area contributed by atoms with Crippen LogP contribution in [0.2, 0.25) is 0 Å². The molecule has 3 amide bonds. The van der Waals surface area contributed by atoms with Crippen molar-refractivity contribution in [3.05, 3.63) is 40.2 Å². The molecule has 0 bridgehead atoms. The van der Waals surface area contributed by atoms with Gasteiger partial charge in [-0.1, -0.05) is 0 Å². The normalized spacial score (nSPS) is 15.2. The van der Waals surface area contributed by atoms with Crippen LogP contribution in [0.1, 0.15) is 44.7 Å². The fourth-order valence-corrected chi connectivity index (χ4v) is 4.63. The molecule has 0 spiro atoms. The molecule has 3 rings (SSSR count). The fourth-order valence-electron chi connectivity index (χ4n) is 3.47. The Labute approximate surface area is 199 Å². The van der Waals surface area contributed by atoms with Crippen molar-refractivity contribution in [2.45, 2.75) is 26.8 Å². The predicted octanol–water partition coefficient (Wildman–Crippen LogP) is 1.72. The van der Waals surface area contributed by atoms with E-state index in [0.29, 0.717) is 11.3 Å². The number of ether oxygens (including phenoxy) is 2. The highest BCUT2D eigenvalue weighted by atomic mass is 32.1. The molecule has 0 unspecified atom stereocenters. The topological polar surface area (TPSA) is 144 Å². The first-order valence-corrected chi connectivity index (χ1v) is 11.4. The molecular formula is C22H25N3O8S. The van der Waals surface area contributed by atoms with E-state index in [1.54, 1.807) is 26.0 Å². The molecular weight excluding hydrogens is 466 g/mol. The van der Waals surface area contributed by atoms with Crippen molar-refractivity contribution in [1.82, 2.24) is 10.2 Å². The van der Waals surface area contributed by atoms with Gasteiger partial charge < -0.3 is 29.4 Å². The Bertz CT molecular complexity index is 1090. The van der Waals surface area contributed by atoms with E-state index in [1.165, 1.54) is 18.2 Å². The number of esters is 2. The van der Waals surface area contributed by atoms with Crippen LogP contribution < -0.4 is 10.6 Å². The van der Waals surface area contributed by atoms with Crippen LogP contribution in [0.5, 0.6) is 0 Å². The van der Waals surface area contributed by atoms with Gasteiger partial charge in [0.1, 0.15) is 10.8 Å². The van der Waals surface area contributed by atoms with Gasteiger partial charge in [0.05, 0.1) is 35.8 Å². The average Bonchev–Trinajstić information content (AvgIpc) is 3.52. The molecule has 12 heteroatoms. The molecule has 0 radical (unpaired) electrons. The summed E-state index contributed by atoms with van der Waals surface area (Å²) < 4.78 is 15.4. The van der Waals surface area contributed by atoms with Gasteiger partial charge in [0.25, 0.3) is 11.8 Å². The van der Waals surface area contributed by atoms with Crippen molar-refractivity contribution >= 4 is 46.0 Å². The number of nitrogens with one attached hydrogen (secondary N) is 2. The van der Waals surface area contributed by atoms with Crippen LogP contribution in [0, 0.1) is 12.8 Å². The molecule has 1 atom stereocenters. The van der Waals surface area contributed by atoms with Crippen LogP contribution in [-0.4, -0.2) is 61.4 Å². The zero-order chi connectivity index (χ0) is 24.8. The minimum absolute atomic E-state index is 0.0201. The summed E-state index contributed by atoms with van der Waals surface area (Å²) in [6, 6.07) is 3.44. The number of likely N-dealkylation sites (tertiary alicyclic amines) is 1. The number of hydrogen-bond donors (Lipinski definition) is 2. The van der Waals surface area contributed by atoms with Gasteiger partial charge in [0.2, 0.25) is 5.91 Å². The Morgan fingerprint density at radius 3 is 2.68 bits per heavy atom. The zero-order valence-corrected chi connectivity index (χ0v) is 19.8. The number of furan rings is 1. The van der Waals surface area contributed by atoms with E-state index < -0.39 is 36.3 Å². The molecule has 2 aromatic heterocycles.